The SMILES string of the molecule is N=C/C=C(\N)c1cccc(-c2ncc(-c3ccc(NC(=O)C4CCCNC4)cc3)[nH]2)n1. The minimum atomic E-state index is 0.0229. The highest BCUT2D eigenvalue weighted by Crippen LogP contribution is 2.24. The van der Waals surface area contributed by atoms with E-state index >= 15 is 0 Å². The van der Waals surface area contributed by atoms with Crippen LogP contribution in [0.25, 0.3) is 28.5 Å². The number of H-pyrrole nitrogens is 1. The Morgan fingerprint density at radius 2 is 2.06 bits per heavy atom. The van der Waals surface area contributed by atoms with Crippen molar-refractivity contribution in [3.05, 3.63) is 60.4 Å². The van der Waals surface area contributed by atoms with Gasteiger partial charge in [0.15, 0.2) is 5.82 Å². The molecule has 1 aliphatic rings. The highest BCUT2D eigenvalue weighted by Gasteiger charge is 2.20. The molecular formula is C23H25N7O. The fraction of sp³-hybridized carbons (Fsp3) is 0.217. The van der Waals surface area contributed by atoms with E-state index in [1.807, 2.05) is 36.4 Å². The van der Waals surface area contributed by atoms with Gasteiger partial charge >= 0.3 is 0 Å². The Labute approximate surface area is 180 Å². The van der Waals surface area contributed by atoms with Gasteiger partial charge < -0.3 is 26.8 Å². The van der Waals surface area contributed by atoms with Gasteiger partial charge in [-0.1, -0.05) is 18.2 Å². The van der Waals surface area contributed by atoms with Crippen molar-refractivity contribution in [3.63, 3.8) is 0 Å². The molecule has 4 rings (SSSR count). The van der Waals surface area contributed by atoms with Crippen LogP contribution < -0.4 is 16.4 Å². The van der Waals surface area contributed by atoms with Gasteiger partial charge in [0.2, 0.25) is 5.91 Å². The highest BCUT2D eigenvalue weighted by atomic mass is 16.1. The normalized spacial score (nSPS) is 16.6. The monoisotopic (exact) mass is 415 g/mol. The number of anilines is 1. The zero-order valence-electron chi connectivity index (χ0n) is 17.1. The maximum absolute atomic E-state index is 12.4. The average molecular weight is 416 g/mol. The first-order chi connectivity index (χ1) is 15.1. The Balaban J connectivity index is 1.47. The third kappa shape index (κ3) is 4.87. The van der Waals surface area contributed by atoms with Gasteiger partial charge in [0.25, 0.3) is 0 Å². The van der Waals surface area contributed by atoms with Gasteiger partial charge in [0, 0.05) is 18.4 Å². The maximum Gasteiger partial charge on any atom is 0.228 e. The molecule has 1 amide bonds. The number of hydrogen-bond donors (Lipinski definition) is 5. The van der Waals surface area contributed by atoms with Gasteiger partial charge in [-0.2, -0.15) is 0 Å². The fourth-order valence-electron chi connectivity index (χ4n) is 3.55. The van der Waals surface area contributed by atoms with E-state index in [9.17, 15) is 4.79 Å². The van der Waals surface area contributed by atoms with Gasteiger partial charge in [-0.15, -0.1) is 0 Å². The number of carbonyl (C=O) groups excluding carboxylic acids is 1. The number of nitrogens with zero attached hydrogens (tertiary/aromatic N) is 2. The topological polar surface area (TPSA) is 133 Å². The predicted molar refractivity (Wildman–Crippen MR) is 122 cm³/mol. The molecule has 8 nitrogen and oxygen atoms in total. The van der Waals surface area contributed by atoms with E-state index in [1.54, 1.807) is 12.3 Å². The van der Waals surface area contributed by atoms with Crippen LogP contribution in [-0.4, -0.2) is 40.2 Å². The minimum Gasteiger partial charge on any atom is -0.397 e. The van der Waals surface area contributed by atoms with Gasteiger partial charge in [0.1, 0.15) is 5.69 Å². The lowest BCUT2D eigenvalue weighted by molar-refractivity contribution is -0.120. The zero-order valence-corrected chi connectivity index (χ0v) is 17.1. The highest BCUT2D eigenvalue weighted by molar-refractivity contribution is 5.93. The Hall–Kier alpha value is -3.78. The Bertz CT molecular complexity index is 1100. The van der Waals surface area contributed by atoms with Crippen molar-refractivity contribution in [2.75, 3.05) is 18.4 Å². The second kappa shape index (κ2) is 9.36. The first-order valence-corrected chi connectivity index (χ1v) is 10.2. The van der Waals surface area contributed by atoms with Gasteiger partial charge in [-0.3, -0.25) is 4.79 Å². The first-order valence-electron chi connectivity index (χ1n) is 10.2. The zero-order chi connectivity index (χ0) is 21.6. The van der Waals surface area contributed by atoms with Crippen LogP contribution in [0.5, 0.6) is 0 Å². The predicted octanol–water partition coefficient (Wildman–Crippen LogP) is 3.03. The molecule has 3 aromatic rings. The smallest absolute Gasteiger partial charge is 0.228 e. The molecule has 0 radical (unpaired) electrons. The van der Waals surface area contributed by atoms with Crippen LogP contribution in [0.3, 0.4) is 0 Å². The van der Waals surface area contributed by atoms with Crippen molar-refractivity contribution in [1.82, 2.24) is 20.3 Å². The summed E-state index contributed by atoms with van der Waals surface area (Å²) >= 11 is 0. The largest absolute Gasteiger partial charge is 0.397 e. The molecule has 8 heteroatoms. The summed E-state index contributed by atoms with van der Waals surface area (Å²) in [4.78, 5) is 24.6. The number of hydrogen-bond acceptors (Lipinski definition) is 6. The van der Waals surface area contributed by atoms with E-state index in [0.29, 0.717) is 22.9 Å². The molecule has 1 saturated heterocycles. The number of aromatic amines is 1. The number of nitrogens with two attached hydrogens (primary N) is 1. The molecule has 1 unspecified atom stereocenters. The molecule has 6 N–H and O–H groups in total. The van der Waals surface area contributed by atoms with Crippen molar-refractivity contribution in [3.8, 4) is 22.8 Å². The van der Waals surface area contributed by atoms with Crippen LogP contribution in [0, 0.1) is 11.3 Å². The number of amides is 1. The van der Waals surface area contributed by atoms with Crippen LogP contribution in [0.4, 0.5) is 5.69 Å². The molecule has 1 aromatic carbocycles. The number of imidazole rings is 1. The first kappa shape index (κ1) is 20.5. The number of rotatable bonds is 6. The summed E-state index contributed by atoms with van der Waals surface area (Å²) in [5.74, 6) is 0.711. The number of pyridine rings is 1. The molecule has 1 aliphatic heterocycles. The number of benzene rings is 1. The van der Waals surface area contributed by atoms with E-state index in [4.69, 9.17) is 11.1 Å². The summed E-state index contributed by atoms with van der Waals surface area (Å²) in [6, 6.07) is 13.2. The van der Waals surface area contributed by atoms with Crippen LogP contribution >= 0.6 is 0 Å². The van der Waals surface area contributed by atoms with Gasteiger partial charge in [0.05, 0.1) is 29.2 Å². The van der Waals surface area contributed by atoms with Crippen LogP contribution in [0.1, 0.15) is 18.5 Å². The lowest BCUT2D eigenvalue weighted by Gasteiger charge is -2.21. The molecule has 1 atom stereocenters. The Morgan fingerprint density at radius 3 is 2.81 bits per heavy atom. The van der Waals surface area contributed by atoms with Crippen LogP contribution in [-0.2, 0) is 4.79 Å². The average Bonchev–Trinajstić information content (AvgIpc) is 3.31. The third-order valence-electron chi connectivity index (χ3n) is 5.26. The molecule has 0 aliphatic carbocycles. The van der Waals surface area contributed by atoms with Crippen molar-refractivity contribution < 1.29 is 4.79 Å². The number of piperidine rings is 1. The lowest BCUT2D eigenvalue weighted by Crippen LogP contribution is -2.37. The van der Waals surface area contributed by atoms with Crippen molar-refractivity contribution >= 4 is 23.5 Å². The van der Waals surface area contributed by atoms with Crippen molar-refractivity contribution in [1.29, 1.82) is 5.41 Å². The lowest BCUT2D eigenvalue weighted by atomic mass is 9.99. The molecule has 2 aromatic heterocycles. The summed E-state index contributed by atoms with van der Waals surface area (Å²) in [7, 11) is 0. The third-order valence-corrected chi connectivity index (χ3v) is 5.26. The summed E-state index contributed by atoms with van der Waals surface area (Å²) in [5, 5.41) is 13.4. The summed E-state index contributed by atoms with van der Waals surface area (Å²) < 4.78 is 0. The van der Waals surface area contributed by atoms with Crippen molar-refractivity contribution in [2.24, 2.45) is 11.7 Å². The number of nitrogens with one attached hydrogen (secondary N) is 4. The molecule has 31 heavy (non-hydrogen) atoms. The van der Waals surface area contributed by atoms with Crippen LogP contribution in [0.2, 0.25) is 0 Å². The van der Waals surface area contributed by atoms with Gasteiger partial charge in [-0.25, -0.2) is 9.97 Å². The molecule has 3 heterocycles. The molecule has 158 valence electrons. The standard InChI is InChI=1S/C23H25N7O/c24-11-10-18(25)19-4-1-5-20(29-19)22-27-14-21(30-22)15-6-8-17(9-7-15)28-23(31)16-3-2-12-26-13-16/h1,4-11,14,16,24,26H,2-3,12-13,25H2,(H,27,30)(H,28,31)/b18-10-,24-11?. The number of carbonyl (C=O) groups is 1. The van der Waals surface area contributed by atoms with Crippen LogP contribution in [0.15, 0.2) is 54.7 Å². The second-order valence-corrected chi connectivity index (χ2v) is 7.45. The van der Waals surface area contributed by atoms with E-state index in [1.165, 1.54) is 6.08 Å². The number of aromatic nitrogens is 3. The second-order valence-electron chi connectivity index (χ2n) is 7.45. The molecule has 0 spiro atoms. The van der Waals surface area contributed by atoms with E-state index in [-0.39, 0.29) is 11.8 Å². The Kier molecular flexibility index (Phi) is 6.18. The quantitative estimate of drug-likeness (QED) is 0.395. The van der Waals surface area contributed by atoms with E-state index in [0.717, 1.165) is 49.1 Å². The fourth-order valence-corrected chi connectivity index (χ4v) is 3.55. The summed E-state index contributed by atoms with van der Waals surface area (Å²) in [6.07, 6.45) is 6.33. The minimum absolute atomic E-state index is 0.0229. The molecule has 1 fully saturated rings. The maximum atomic E-state index is 12.4. The molecular weight excluding hydrogens is 390 g/mol. The molecule has 0 bridgehead atoms. The Morgan fingerprint density at radius 1 is 1.23 bits per heavy atom. The van der Waals surface area contributed by atoms with E-state index < -0.39 is 0 Å². The summed E-state index contributed by atoms with van der Waals surface area (Å²) in [5.41, 5.74) is 10.2. The van der Waals surface area contributed by atoms with Crippen molar-refractivity contribution in [2.45, 2.75) is 12.8 Å². The molecule has 0 saturated carbocycles. The van der Waals surface area contributed by atoms with E-state index in [2.05, 4.69) is 25.6 Å². The number of allylic oxidation sites excluding steroid dienone is 1. The van der Waals surface area contributed by atoms with Gasteiger partial charge in [-0.05, 0) is 55.3 Å². The summed E-state index contributed by atoms with van der Waals surface area (Å²) in [6.45, 7) is 1.72.